The fourth-order valence-corrected chi connectivity index (χ4v) is 2.83. The summed E-state index contributed by atoms with van der Waals surface area (Å²) in [6, 6.07) is 16.0. The third-order valence-corrected chi connectivity index (χ3v) is 4.18. The third kappa shape index (κ3) is 5.48. The maximum Gasteiger partial charge on any atom is 0.262 e. The Morgan fingerprint density at radius 1 is 1.04 bits per heavy atom. The van der Waals surface area contributed by atoms with Crippen molar-refractivity contribution in [2.45, 2.75) is 10.1 Å². The van der Waals surface area contributed by atoms with Gasteiger partial charge in [0.1, 0.15) is 15.8 Å². The van der Waals surface area contributed by atoms with Crippen LogP contribution in [0.5, 0.6) is 5.75 Å². The molecule has 25 heavy (non-hydrogen) atoms. The number of amides is 1. The van der Waals surface area contributed by atoms with Gasteiger partial charge in [0, 0.05) is 23.1 Å². The molecule has 3 aromatic rings. The minimum atomic E-state index is -0.255. The number of nitrogens with zero attached hydrogens (tertiary/aromatic N) is 2. The maximum absolute atomic E-state index is 12.0. The Hall–Kier alpha value is -2.57. The summed E-state index contributed by atoms with van der Waals surface area (Å²) in [6.07, 6.45) is 3.36. The molecule has 0 aliphatic carbocycles. The zero-order chi connectivity index (χ0) is 17.5. The molecule has 0 bridgehead atoms. The fraction of sp³-hybridized carbons (Fsp3) is 0.0556. The standard InChI is InChI=1S/C18H14ClN3O2S/c19-13-4-6-15(7-5-13)24-12-16(23)22-14-8-10-21-18(11-14)25-17-3-1-2-9-20-17/h1-11H,12H2,(H,21,22,23). The Morgan fingerprint density at radius 3 is 2.60 bits per heavy atom. The van der Waals surface area contributed by atoms with Gasteiger partial charge in [-0.15, -0.1) is 0 Å². The number of rotatable bonds is 6. The second-order valence-electron chi connectivity index (χ2n) is 4.94. The van der Waals surface area contributed by atoms with Crippen LogP contribution in [-0.2, 0) is 4.79 Å². The van der Waals surface area contributed by atoms with Gasteiger partial charge in [0.25, 0.3) is 5.91 Å². The maximum atomic E-state index is 12.0. The van der Waals surface area contributed by atoms with Crippen molar-refractivity contribution in [2.75, 3.05) is 11.9 Å². The largest absolute Gasteiger partial charge is 0.484 e. The molecule has 2 heterocycles. The van der Waals surface area contributed by atoms with Gasteiger partial charge in [0.15, 0.2) is 6.61 Å². The molecule has 0 aliphatic rings. The van der Waals surface area contributed by atoms with Crippen molar-refractivity contribution < 1.29 is 9.53 Å². The Balaban J connectivity index is 1.56. The molecule has 0 saturated heterocycles. The van der Waals surface area contributed by atoms with Gasteiger partial charge in [0.2, 0.25) is 0 Å². The zero-order valence-corrected chi connectivity index (χ0v) is 14.6. The molecular formula is C18H14ClN3O2S. The molecule has 0 aliphatic heterocycles. The first-order valence-electron chi connectivity index (χ1n) is 7.42. The van der Waals surface area contributed by atoms with Crippen LogP contribution in [0.4, 0.5) is 5.69 Å². The third-order valence-electron chi connectivity index (χ3n) is 3.05. The number of ether oxygens (including phenoxy) is 1. The summed E-state index contributed by atoms with van der Waals surface area (Å²) >= 11 is 7.23. The molecule has 5 nitrogen and oxygen atoms in total. The van der Waals surface area contributed by atoms with Crippen molar-refractivity contribution in [1.29, 1.82) is 0 Å². The number of pyridine rings is 2. The van der Waals surface area contributed by atoms with Crippen LogP contribution in [0, 0.1) is 0 Å². The van der Waals surface area contributed by atoms with Gasteiger partial charge >= 0.3 is 0 Å². The van der Waals surface area contributed by atoms with Crippen LogP contribution < -0.4 is 10.1 Å². The summed E-state index contributed by atoms with van der Waals surface area (Å²) in [4.78, 5) is 20.5. The summed E-state index contributed by atoms with van der Waals surface area (Å²) in [5.41, 5.74) is 0.651. The predicted octanol–water partition coefficient (Wildman–Crippen LogP) is 4.30. The first-order valence-corrected chi connectivity index (χ1v) is 8.62. The van der Waals surface area contributed by atoms with E-state index < -0.39 is 0 Å². The van der Waals surface area contributed by atoms with E-state index in [-0.39, 0.29) is 12.5 Å². The van der Waals surface area contributed by atoms with Gasteiger partial charge in [-0.25, -0.2) is 9.97 Å². The Labute approximate surface area is 154 Å². The highest BCUT2D eigenvalue weighted by Crippen LogP contribution is 2.25. The summed E-state index contributed by atoms with van der Waals surface area (Å²) < 4.78 is 5.42. The molecule has 0 spiro atoms. The number of carbonyl (C=O) groups excluding carboxylic acids is 1. The number of hydrogen-bond donors (Lipinski definition) is 1. The second-order valence-corrected chi connectivity index (χ2v) is 6.42. The molecular weight excluding hydrogens is 358 g/mol. The number of aromatic nitrogens is 2. The van der Waals surface area contributed by atoms with Crippen molar-refractivity contribution >= 4 is 35.0 Å². The Bertz CT molecular complexity index is 844. The molecule has 0 unspecified atom stereocenters. The summed E-state index contributed by atoms with van der Waals surface area (Å²) in [6.45, 7) is -0.0906. The van der Waals surface area contributed by atoms with Crippen LogP contribution >= 0.6 is 23.4 Å². The lowest BCUT2D eigenvalue weighted by molar-refractivity contribution is -0.118. The topological polar surface area (TPSA) is 64.1 Å². The molecule has 0 fully saturated rings. The minimum Gasteiger partial charge on any atom is -0.484 e. The van der Waals surface area contributed by atoms with E-state index in [0.717, 1.165) is 10.1 Å². The first kappa shape index (κ1) is 17.3. The van der Waals surface area contributed by atoms with Crippen molar-refractivity contribution in [3.05, 3.63) is 72.0 Å². The van der Waals surface area contributed by atoms with Crippen LogP contribution in [0.2, 0.25) is 5.02 Å². The number of anilines is 1. The van der Waals surface area contributed by atoms with Gasteiger partial charge in [-0.1, -0.05) is 29.4 Å². The molecule has 126 valence electrons. The van der Waals surface area contributed by atoms with Gasteiger partial charge < -0.3 is 10.1 Å². The number of halogens is 1. The molecule has 2 aromatic heterocycles. The van der Waals surface area contributed by atoms with E-state index in [1.165, 1.54) is 11.8 Å². The van der Waals surface area contributed by atoms with Crippen LogP contribution in [0.25, 0.3) is 0 Å². The molecule has 3 rings (SSSR count). The zero-order valence-electron chi connectivity index (χ0n) is 13.1. The van der Waals surface area contributed by atoms with Gasteiger partial charge in [-0.05, 0) is 48.5 Å². The SMILES string of the molecule is O=C(COc1ccc(Cl)cc1)Nc1ccnc(Sc2ccccn2)c1. The highest BCUT2D eigenvalue weighted by atomic mass is 35.5. The van der Waals surface area contributed by atoms with Gasteiger partial charge in [-0.3, -0.25) is 4.79 Å². The molecule has 1 aromatic carbocycles. The van der Waals surface area contributed by atoms with E-state index in [1.54, 1.807) is 48.8 Å². The van der Waals surface area contributed by atoms with E-state index in [9.17, 15) is 4.79 Å². The van der Waals surface area contributed by atoms with Crippen molar-refractivity contribution in [1.82, 2.24) is 9.97 Å². The van der Waals surface area contributed by atoms with Crippen LogP contribution in [-0.4, -0.2) is 22.5 Å². The van der Waals surface area contributed by atoms with E-state index in [2.05, 4.69) is 15.3 Å². The summed E-state index contributed by atoms with van der Waals surface area (Å²) in [5.74, 6) is 0.329. The smallest absolute Gasteiger partial charge is 0.262 e. The fourth-order valence-electron chi connectivity index (χ4n) is 1.93. The van der Waals surface area contributed by atoms with Gasteiger partial charge in [-0.2, -0.15) is 0 Å². The van der Waals surface area contributed by atoms with Crippen LogP contribution in [0.3, 0.4) is 0 Å². The molecule has 1 amide bonds. The summed E-state index contributed by atoms with van der Waals surface area (Å²) in [5, 5.41) is 4.99. The molecule has 1 N–H and O–H groups in total. The number of nitrogens with one attached hydrogen (secondary N) is 1. The lowest BCUT2D eigenvalue weighted by Crippen LogP contribution is -2.20. The molecule has 0 atom stereocenters. The van der Waals surface area contributed by atoms with Crippen LogP contribution in [0.15, 0.2) is 77.0 Å². The average Bonchev–Trinajstić information content (AvgIpc) is 2.62. The summed E-state index contributed by atoms with van der Waals surface area (Å²) in [7, 11) is 0. The van der Waals surface area contributed by atoms with E-state index in [4.69, 9.17) is 16.3 Å². The molecule has 0 saturated carbocycles. The van der Waals surface area contributed by atoms with E-state index >= 15 is 0 Å². The number of carbonyl (C=O) groups is 1. The lowest BCUT2D eigenvalue weighted by Gasteiger charge is -2.08. The Kier molecular flexibility index (Phi) is 5.87. The van der Waals surface area contributed by atoms with Gasteiger partial charge in [0.05, 0.1) is 0 Å². The first-order chi connectivity index (χ1) is 12.2. The normalized spacial score (nSPS) is 10.3. The predicted molar refractivity (Wildman–Crippen MR) is 98.2 cm³/mol. The Morgan fingerprint density at radius 2 is 1.84 bits per heavy atom. The van der Waals surface area contributed by atoms with Crippen molar-refractivity contribution in [3.8, 4) is 5.75 Å². The highest BCUT2D eigenvalue weighted by Gasteiger charge is 2.06. The van der Waals surface area contributed by atoms with E-state index in [1.807, 2.05) is 18.2 Å². The average molecular weight is 372 g/mol. The van der Waals surface area contributed by atoms with Crippen molar-refractivity contribution in [2.24, 2.45) is 0 Å². The minimum absolute atomic E-state index is 0.0906. The quantitative estimate of drug-likeness (QED) is 0.699. The highest BCUT2D eigenvalue weighted by molar-refractivity contribution is 7.99. The van der Waals surface area contributed by atoms with Crippen LogP contribution in [0.1, 0.15) is 0 Å². The lowest BCUT2D eigenvalue weighted by atomic mass is 10.3. The van der Waals surface area contributed by atoms with E-state index in [0.29, 0.717) is 16.5 Å². The molecule has 0 radical (unpaired) electrons. The second kappa shape index (κ2) is 8.50. The number of benzene rings is 1. The van der Waals surface area contributed by atoms with Crippen molar-refractivity contribution in [3.63, 3.8) is 0 Å². The monoisotopic (exact) mass is 371 g/mol. The number of hydrogen-bond acceptors (Lipinski definition) is 5. The molecule has 7 heteroatoms.